The van der Waals surface area contributed by atoms with E-state index < -0.39 is 35.7 Å². The number of aliphatic carboxylic acids is 1. The van der Waals surface area contributed by atoms with Crippen LogP contribution in [0.15, 0.2) is 59.2 Å². The zero-order valence-electron chi connectivity index (χ0n) is 15.1. The maximum atomic E-state index is 13.5. The number of nitrogens with zero attached hydrogens (tertiary/aromatic N) is 2. The van der Waals surface area contributed by atoms with Crippen LogP contribution in [0, 0.1) is 11.8 Å². The van der Waals surface area contributed by atoms with Gasteiger partial charge in [-0.3, -0.25) is 19.3 Å². The monoisotopic (exact) mass is 392 g/mol. The highest BCUT2D eigenvalue weighted by molar-refractivity contribution is 6.12. The van der Waals surface area contributed by atoms with Crippen LogP contribution in [-0.4, -0.2) is 45.7 Å². The molecule has 2 aromatic rings. The highest BCUT2D eigenvalue weighted by Crippen LogP contribution is 2.58. The van der Waals surface area contributed by atoms with Gasteiger partial charge in [0.25, 0.3) is 5.91 Å². The number of carbonyl (C=O) groups excluding carboxylic acids is 2. The summed E-state index contributed by atoms with van der Waals surface area (Å²) in [5, 5.41) is 9.77. The highest BCUT2D eigenvalue weighted by Gasteiger charge is 2.74. The van der Waals surface area contributed by atoms with Crippen molar-refractivity contribution in [2.24, 2.45) is 11.8 Å². The Hall–Kier alpha value is -3.39. The summed E-state index contributed by atoms with van der Waals surface area (Å²) < 4.78 is 11.6. The van der Waals surface area contributed by atoms with Crippen molar-refractivity contribution < 1.29 is 28.6 Å². The lowest BCUT2D eigenvalue weighted by molar-refractivity contribution is -0.146. The third-order valence-electron chi connectivity index (χ3n) is 6.38. The molecule has 2 bridgehead atoms. The number of furan rings is 1. The number of carboxylic acid groups (broad SMARTS) is 1. The summed E-state index contributed by atoms with van der Waals surface area (Å²) in [6.07, 6.45) is 3.52. The van der Waals surface area contributed by atoms with E-state index in [1.54, 1.807) is 53.5 Å². The molecular formula is C21H16N2O6. The predicted octanol–water partition coefficient (Wildman–Crippen LogP) is 1.63. The lowest BCUT2D eigenvalue weighted by atomic mass is 9.76. The summed E-state index contributed by atoms with van der Waals surface area (Å²) in [6.45, 7) is 0.142. The molecule has 0 saturated carbocycles. The molecule has 8 heteroatoms. The van der Waals surface area contributed by atoms with Crippen LogP contribution in [0.1, 0.15) is 16.1 Å². The van der Waals surface area contributed by atoms with Crippen LogP contribution < -0.4 is 4.90 Å². The Morgan fingerprint density at radius 1 is 1.17 bits per heavy atom. The zero-order valence-corrected chi connectivity index (χ0v) is 15.1. The van der Waals surface area contributed by atoms with E-state index in [0.717, 1.165) is 0 Å². The lowest BCUT2D eigenvalue weighted by Gasteiger charge is -2.44. The molecule has 146 valence electrons. The average Bonchev–Trinajstić information content (AvgIpc) is 3.47. The van der Waals surface area contributed by atoms with Gasteiger partial charge >= 0.3 is 5.97 Å². The number of benzene rings is 1. The number of hydrogen-bond acceptors (Lipinski definition) is 5. The molecule has 5 heterocycles. The minimum Gasteiger partial charge on any atom is -0.481 e. The Bertz CT molecular complexity index is 1090. The van der Waals surface area contributed by atoms with Gasteiger partial charge in [0, 0.05) is 0 Å². The maximum absolute atomic E-state index is 13.5. The second-order valence-corrected chi connectivity index (χ2v) is 7.75. The number of para-hydroxylation sites is 1. The summed E-state index contributed by atoms with van der Waals surface area (Å²) >= 11 is 0. The Morgan fingerprint density at radius 2 is 2.00 bits per heavy atom. The summed E-state index contributed by atoms with van der Waals surface area (Å²) in [4.78, 5) is 42.0. The summed E-state index contributed by atoms with van der Waals surface area (Å²) in [5.41, 5.74) is -0.317. The fraction of sp³-hybridized carbons (Fsp3) is 0.286. The third kappa shape index (κ3) is 1.89. The van der Waals surface area contributed by atoms with E-state index in [1.807, 2.05) is 0 Å². The molecule has 1 aromatic heterocycles. The summed E-state index contributed by atoms with van der Waals surface area (Å²) in [6, 6.07) is 10.4. The standard InChI is InChI=1S/C21H16N2O6/c24-17-12-5-1-2-6-13(12)23-18(25)16-15(19(26)27)14-7-8-21(16,29-14)20(23)22(17)10-11-4-3-9-28-11/h1-9,14-16,20H,10H2,(H,26,27)/t14-,15-,16+,20-,21+/m1/s1. The highest BCUT2D eigenvalue weighted by atomic mass is 16.5. The lowest BCUT2D eigenvalue weighted by Crippen LogP contribution is -2.60. The molecule has 6 rings (SSSR count). The molecule has 2 fully saturated rings. The van der Waals surface area contributed by atoms with Gasteiger partial charge < -0.3 is 19.2 Å². The second-order valence-electron chi connectivity index (χ2n) is 7.75. The van der Waals surface area contributed by atoms with E-state index in [-0.39, 0.29) is 18.4 Å². The molecule has 0 unspecified atom stereocenters. The Kier molecular flexibility index (Phi) is 3.06. The van der Waals surface area contributed by atoms with Crippen molar-refractivity contribution in [2.45, 2.75) is 24.4 Å². The topological polar surface area (TPSA) is 100 Å². The molecule has 0 radical (unpaired) electrons. The summed E-state index contributed by atoms with van der Waals surface area (Å²) in [7, 11) is 0. The van der Waals surface area contributed by atoms with Crippen molar-refractivity contribution in [3.05, 3.63) is 66.1 Å². The fourth-order valence-corrected chi connectivity index (χ4v) is 5.30. The van der Waals surface area contributed by atoms with Gasteiger partial charge in [0.2, 0.25) is 5.91 Å². The Balaban J connectivity index is 1.56. The number of hydrogen-bond donors (Lipinski definition) is 1. The number of amides is 2. The first-order valence-electron chi connectivity index (χ1n) is 9.38. The van der Waals surface area contributed by atoms with Crippen LogP contribution in [-0.2, 0) is 20.9 Å². The van der Waals surface area contributed by atoms with Crippen molar-refractivity contribution >= 4 is 23.5 Å². The Morgan fingerprint density at radius 3 is 2.76 bits per heavy atom. The summed E-state index contributed by atoms with van der Waals surface area (Å²) in [5.74, 6) is -2.96. The molecule has 0 aliphatic carbocycles. The largest absolute Gasteiger partial charge is 0.481 e. The number of fused-ring (bicyclic) bond motifs is 4. The second kappa shape index (κ2) is 5.36. The zero-order chi connectivity index (χ0) is 19.9. The fourth-order valence-electron chi connectivity index (χ4n) is 5.30. The van der Waals surface area contributed by atoms with Gasteiger partial charge in [-0.25, -0.2) is 0 Å². The average molecular weight is 392 g/mol. The van der Waals surface area contributed by atoms with Crippen LogP contribution in [0.5, 0.6) is 0 Å². The predicted molar refractivity (Wildman–Crippen MR) is 97.7 cm³/mol. The minimum atomic E-state index is -1.19. The van der Waals surface area contributed by atoms with Gasteiger partial charge in [0.1, 0.15) is 23.4 Å². The molecule has 4 aliphatic heterocycles. The molecule has 1 aromatic carbocycles. The normalized spacial score (nSPS) is 33.8. The number of rotatable bonds is 3. The van der Waals surface area contributed by atoms with Crippen LogP contribution in [0.3, 0.4) is 0 Å². The maximum Gasteiger partial charge on any atom is 0.310 e. The number of anilines is 1. The van der Waals surface area contributed by atoms with Crippen molar-refractivity contribution in [1.82, 2.24) is 4.90 Å². The molecule has 29 heavy (non-hydrogen) atoms. The van der Waals surface area contributed by atoms with E-state index >= 15 is 0 Å². The van der Waals surface area contributed by atoms with E-state index in [4.69, 9.17) is 9.15 Å². The first-order chi connectivity index (χ1) is 14.0. The van der Waals surface area contributed by atoms with E-state index in [1.165, 1.54) is 11.2 Å². The first kappa shape index (κ1) is 16.6. The molecule has 1 N–H and O–H groups in total. The number of ether oxygens (including phenoxy) is 1. The van der Waals surface area contributed by atoms with Crippen LogP contribution >= 0.6 is 0 Å². The minimum absolute atomic E-state index is 0.142. The van der Waals surface area contributed by atoms with Crippen molar-refractivity contribution in [3.8, 4) is 0 Å². The molecule has 2 amide bonds. The molecule has 8 nitrogen and oxygen atoms in total. The first-order valence-corrected chi connectivity index (χ1v) is 9.38. The smallest absolute Gasteiger partial charge is 0.310 e. The van der Waals surface area contributed by atoms with Gasteiger partial charge in [-0.15, -0.1) is 0 Å². The quantitative estimate of drug-likeness (QED) is 0.797. The number of carbonyl (C=O) groups is 3. The third-order valence-corrected chi connectivity index (χ3v) is 6.38. The SMILES string of the molecule is O=C(O)[C@H]1[C@H]2C(=O)N3c4ccccc4C(=O)N(Cc4ccco4)[C@H]3[C@]23C=C[C@H]1O3. The molecule has 1 spiro atoms. The molecular weight excluding hydrogens is 376 g/mol. The van der Waals surface area contributed by atoms with Crippen molar-refractivity contribution in [3.63, 3.8) is 0 Å². The van der Waals surface area contributed by atoms with Gasteiger partial charge in [0.05, 0.1) is 36.1 Å². The van der Waals surface area contributed by atoms with E-state index in [0.29, 0.717) is 17.0 Å². The van der Waals surface area contributed by atoms with Crippen LogP contribution in [0.4, 0.5) is 5.69 Å². The van der Waals surface area contributed by atoms with Gasteiger partial charge in [-0.2, -0.15) is 0 Å². The molecule has 5 atom stereocenters. The van der Waals surface area contributed by atoms with Crippen LogP contribution in [0.25, 0.3) is 0 Å². The molecule has 2 saturated heterocycles. The van der Waals surface area contributed by atoms with E-state index in [9.17, 15) is 19.5 Å². The Labute approximate surface area is 164 Å². The van der Waals surface area contributed by atoms with Gasteiger partial charge in [-0.05, 0) is 30.3 Å². The van der Waals surface area contributed by atoms with Crippen molar-refractivity contribution in [1.29, 1.82) is 0 Å². The van der Waals surface area contributed by atoms with Crippen LogP contribution in [0.2, 0.25) is 0 Å². The van der Waals surface area contributed by atoms with Gasteiger partial charge in [0.15, 0.2) is 0 Å². The van der Waals surface area contributed by atoms with E-state index in [2.05, 4.69) is 0 Å². The van der Waals surface area contributed by atoms with Gasteiger partial charge in [-0.1, -0.05) is 18.2 Å². The number of carboxylic acids is 1. The molecule has 4 aliphatic rings. The van der Waals surface area contributed by atoms with Crippen molar-refractivity contribution in [2.75, 3.05) is 4.90 Å².